The van der Waals surface area contributed by atoms with Crippen molar-refractivity contribution < 1.29 is 13.9 Å². The van der Waals surface area contributed by atoms with Crippen LogP contribution in [0.15, 0.2) is 12.3 Å². The number of tetrazole rings is 1. The lowest BCUT2D eigenvalue weighted by atomic mass is 10.2. The molecule has 0 unspecified atom stereocenters. The number of nitriles is 1. The molecule has 1 heterocycles. The van der Waals surface area contributed by atoms with E-state index < -0.39 is 11.8 Å². The quantitative estimate of drug-likeness (QED) is 0.472. The molecule has 0 aliphatic heterocycles. The number of halogens is 3. The van der Waals surface area contributed by atoms with E-state index in [1.54, 1.807) is 6.92 Å². The molecule has 24 heavy (non-hydrogen) atoms. The van der Waals surface area contributed by atoms with Crippen LogP contribution in [-0.2, 0) is 4.74 Å². The van der Waals surface area contributed by atoms with Crippen LogP contribution in [0.5, 0.6) is 0 Å². The van der Waals surface area contributed by atoms with Gasteiger partial charge in [0, 0.05) is 6.20 Å². The molecule has 1 aromatic carbocycles. The number of H-pyrrole nitrogens is 1. The standard InChI is InChI=1S/C13H9Cl2FN6O2/c1-2-24-13(23)7-3-8(16)10(15)11(9(7)14)18-5-6(4-17)12-19-21-22-20-12/h3,5,18H,2H2,1H3,(H,19,20,21,22). The van der Waals surface area contributed by atoms with Crippen molar-refractivity contribution in [2.75, 3.05) is 11.9 Å². The van der Waals surface area contributed by atoms with E-state index in [-0.39, 0.29) is 39.3 Å². The molecule has 0 aliphatic rings. The topological polar surface area (TPSA) is 117 Å². The number of nitrogens with one attached hydrogen (secondary N) is 2. The Bertz CT molecular complexity index is 832. The number of anilines is 1. The summed E-state index contributed by atoms with van der Waals surface area (Å²) < 4.78 is 18.7. The lowest BCUT2D eigenvalue weighted by Gasteiger charge is -2.12. The van der Waals surface area contributed by atoms with Gasteiger partial charge in [-0.3, -0.25) is 0 Å². The van der Waals surface area contributed by atoms with Gasteiger partial charge in [-0.25, -0.2) is 9.18 Å². The van der Waals surface area contributed by atoms with Gasteiger partial charge >= 0.3 is 5.97 Å². The predicted molar refractivity (Wildman–Crippen MR) is 83.8 cm³/mol. The molecule has 0 saturated heterocycles. The fourth-order valence-corrected chi connectivity index (χ4v) is 2.19. The summed E-state index contributed by atoms with van der Waals surface area (Å²) in [5, 5.41) is 24.0. The predicted octanol–water partition coefficient (Wildman–Crippen LogP) is 2.80. The highest BCUT2D eigenvalue weighted by molar-refractivity contribution is 6.41. The number of carbonyl (C=O) groups excluding carboxylic acids is 1. The Morgan fingerprint density at radius 2 is 2.29 bits per heavy atom. The van der Waals surface area contributed by atoms with Crippen molar-refractivity contribution >= 4 is 40.4 Å². The summed E-state index contributed by atoms with van der Waals surface area (Å²) in [6, 6.07) is 2.70. The monoisotopic (exact) mass is 370 g/mol. The third-order valence-electron chi connectivity index (χ3n) is 2.72. The number of ether oxygens (including phenoxy) is 1. The van der Waals surface area contributed by atoms with E-state index >= 15 is 0 Å². The van der Waals surface area contributed by atoms with Crippen molar-refractivity contribution in [3.8, 4) is 6.07 Å². The van der Waals surface area contributed by atoms with Crippen molar-refractivity contribution in [2.24, 2.45) is 0 Å². The molecule has 1 aromatic heterocycles. The number of carbonyl (C=O) groups is 1. The van der Waals surface area contributed by atoms with Gasteiger partial charge in [-0.15, -0.1) is 10.2 Å². The number of hydrogen-bond donors (Lipinski definition) is 2. The lowest BCUT2D eigenvalue weighted by Crippen LogP contribution is -2.08. The van der Waals surface area contributed by atoms with E-state index in [4.69, 9.17) is 33.2 Å². The van der Waals surface area contributed by atoms with Crippen LogP contribution in [0.3, 0.4) is 0 Å². The molecule has 0 spiro atoms. The maximum Gasteiger partial charge on any atom is 0.339 e. The average Bonchev–Trinajstić information content (AvgIpc) is 3.08. The third kappa shape index (κ3) is 3.61. The van der Waals surface area contributed by atoms with Crippen LogP contribution in [0.25, 0.3) is 5.57 Å². The number of aromatic amines is 1. The number of aromatic nitrogens is 4. The van der Waals surface area contributed by atoms with Crippen LogP contribution >= 0.6 is 23.2 Å². The van der Waals surface area contributed by atoms with Crippen LogP contribution in [-0.4, -0.2) is 33.2 Å². The second-order valence-electron chi connectivity index (χ2n) is 4.18. The van der Waals surface area contributed by atoms with Crippen LogP contribution in [0.1, 0.15) is 23.1 Å². The molecule has 2 rings (SSSR count). The van der Waals surface area contributed by atoms with Crippen LogP contribution < -0.4 is 5.32 Å². The summed E-state index contributed by atoms with van der Waals surface area (Å²) in [4.78, 5) is 11.8. The van der Waals surface area contributed by atoms with E-state index in [1.807, 2.05) is 6.07 Å². The smallest absolute Gasteiger partial charge is 0.339 e. The first-order valence-electron chi connectivity index (χ1n) is 6.44. The van der Waals surface area contributed by atoms with Gasteiger partial charge in [-0.2, -0.15) is 10.5 Å². The Balaban J connectivity index is 2.43. The molecule has 0 fully saturated rings. The summed E-state index contributed by atoms with van der Waals surface area (Å²) in [5.74, 6) is -1.67. The minimum absolute atomic E-state index is 0.0132. The normalized spacial score (nSPS) is 11.0. The van der Waals surface area contributed by atoms with Gasteiger partial charge < -0.3 is 10.1 Å². The van der Waals surface area contributed by atoms with Gasteiger partial charge in [-0.1, -0.05) is 23.2 Å². The largest absolute Gasteiger partial charge is 0.462 e. The van der Waals surface area contributed by atoms with Crippen molar-refractivity contribution in [1.29, 1.82) is 5.26 Å². The van der Waals surface area contributed by atoms with Crippen molar-refractivity contribution in [3.05, 3.63) is 39.5 Å². The first-order chi connectivity index (χ1) is 11.5. The molecule has 0 radical (unpaired) electrons. The molecule has 0 saturated carbocycles. The molecule has 2 aromatic rings. The summed E-state index contributed by atoms with van der Waals surface area (Å²) in [7, 11) is 0. The van der Waals surface area contributed by atoms with Gasteiger partial charge in [-0.05, 0) is 18.2 Å². The number of hydrogen-bond acceptors (Lipinski definition) is 7. The van der Waals surface area contributed by atoms with E-state index in [9.17, 15) is 9.18 Å². The molecule has 0 atom stereocenters. The van der Waals surface area contributed by atoms with Crippen LogP contribution in [0.2, 0.25) is 10.0 Å². The zero-order valence-electron chi connectivity index (χ0n) is 12.1. The molecule has 8 nitrogen and oxygen atoms in total. The summed E-state index contributed by atoms with van der Waals surface area (Å²) in [5.41, 5.74) is -0.315. The Labute approximate surface area is 145 Å². The van der Waals surface area contributed by atoms with E-state index in [2.05, 4.69) is 25.9 Å². The van der Waals surface area contributed by atoms with Gasteiger partial charge in [0.2, 0.25) is 5.82 Å². The zero-order valence-corrected chi connectivity index (χ0v) is 13.6. The number of nitrogens with zero attached hydrogens (tertiary/aromatic N) is 4. The van der Waals surface area contributed by atoms with Crippen molar-refractivity contribution in [2.45, 2.75) is 6.92 Å². The molecular weight excluding hydrogens is 362 g/mol. The van der Waals surface area contributed by atoms with E-state index in [0.717, 1.165) is 12.3 Å². The fraction of sp³-hybridized carbons (Fsp3) is 0.154. The fourth-order valence-electron chi connectivity index (χ4n) is 1.66. The molecule has 0 aliphatic carbocycles. The molecule has 0 bridgehead atoms. The average molecular weight is 371 g/mol. The Morgan fingerprint density at radius 1 is 1.54 bits per heavy atom. The number of benzene rings is 1. The minimum atomic E-state index is -0.877. The highest BCUT2D eigenvalue weighted by Gasteiger charge is 2.21. The van der Waals surface area contributed by atoms with Gasteiger partial charge in [0.25, 0.3) is 0 Å². The number of esters is 1. The maximum absolute atomic E-state index is 13.9. The SMILES string of the molecule is CCOC(=O)c1cc(F)c(Cl)c(NC=C(C#N)c2nn[nH]n2)c1Cl. The molecular formula is C13H9Cl2FN6O2. The molecule has 124 valence electrons. The van der Waals surface area contributed by atoms with E-state index in [0.29, 0.717) is 0 Å². The van der Waals surface area contributed by atoms with Gasteiger partial charge in [0.1, 0.15) is 22.5 Å². The number of allylic oxidation sites excluding steroid dienone is 1. The summed E-state index contributed by atoms with van der Waals surface area (Å²) >= 11 is 12.0. The molecule has 0 amide bonds. The zero-order chi connectivity index (χ0) is 17.7. The molecule has 2 N–H and O–H groups in total. The Hall–Kier alpha value is -2.70. The first kappa shape index (κ1) is 17.7. The maximum atomic E-state index is 13.9. The van der Waals surface area contributed by atoms with Gasteiger partial charge in [0.05, 0.1) is 22.9 Å². The second-order valence-corrected chi connectivity index (χ2v) is 4.93. The van der Waals surface area contributed by atoms with E-state index in [1.165, 1.54) is 0 Å². The third-order valence-corrected chi connectivity index (χ3v) is 3.48. The lowest BCUT2D eigenvalue weighted by molar-refractivity contribution is 0.0526. The summed E-state index contributed by atoms with van der Waals surface area (Å²) in [6.45, 7) is 1.70. The summed E-state index contributed by atoms with van der Waals surface area (Å²) in [6.07, 6.45) is 1.16. The van der Waals surface area contributed by atoms with Crippen LogP contribution in [0, 0.1) is 17.1 Å². The first-order valence-corrected chi connectivity index (χ1v) is 7.20. The van der Waals surface area contributed by atoms with Crippen molar-refractivity contribution in [1.82, 2.24) is 20.6 Å². The second kappa shape index (κ2) is 7.72. The Kier molecular flexibility index (Phi) is 5.68. The molecule has 11 heteroatoms. The van der Waals surface area contributed by atoms with Gasteiger partial charge in [0.15, 0.2) is 0 Å². The van der Waals surface area contributed by atoms with Crippen molar-refractivity contribution in [3.63, 3.8) is 0 Å². The highest BCUT2D eigenvalue weighted by Crippen LogP contribution is 2.36. The minimum Gasteiger partial charge on any atom is -0.462 e. The highest BCUT2D eigenvalue weighted by atomic mass is 35.5. The Morgan fingerprint density at radius 3 is 2.88 bits per heavy atom. The number of rotatable bonds is 5. The van der Waals surface area contributed by atoms with Crippen LogP contribution in [0.4, 0.5) is 10.1 Å².